The maximum atomic E-state index is 5.65. The van der Waals surface area contributed by atoms with E-state index in [2.05, 4.69) is 12.2 Å². The Hall–Kier alpha value is -0.0800. The third-order valence-electron chi connectivity index (χ3n) is 2.81. The molecule has 0 aromatic carbocycles. The van der Waals surface area contributed by atoms with E-state index in [0.717, 1.165) is 19.1 Å². The minimum atomic E-state index is 0.560. The van der Waals surface area contributed by atoms with Crippen molar-refractivity contribution in [3.63, 3.8) is 0 Å². The van der Waals surface area contributed by atoms with Gasteiger partial charge in [-0.1, -0.05) is 13.3 Å². The molecule has 1 heterocycles. The molecular formula is C11H23NO. The van der Waals surface area contributed by atoms with Crippen LogP contribution in [0.5, 0.6) is 0 Å². The second kappa shape index (κ2) is 6.39. The second-order valence-corrected chi connectivity index (χ2v) is 4.08. The van der Waals surface area contributed by atoms with Crippen LogP contribution in [0.25, 0.3) is 0 Å². The Morgan fingerprint density at radius 1 is 1.54 bits per heavy atom. The average molecular weight is 185 g/mol. The fraction of sp³-hybridized carbons (Fsp3) is 1.00. The van der Waals surface area contributed by atoms with Crippen molar-refractivity contribution in [2.45, 2.75) is 45.1 Å². The van der Waals surface area contributed by atoms with Crippen molar-refractivity contribution in [3.8, 4) is 0 Å². The molecule has 0 aromatic rings. The molecular weight excluding hydrogens is 162 g/mol. The highest BCUT2D eigenvalue weighted by Crippen LogP contribution is 2.22. The van der Waals surface area contributed by atoms with Crippen molar-refractivity contribution in [1.82, 2.24) is 5.32 Å². The van der Waals surface area contributed by atoms with E-state index in [0.29, 0.717) is 6.10 Å². The molecule has 0 saturated carbocycles. The third-order valence-corrected chi connectivity index (χ3v) is 2.81. The summed E-state index contributed by atoms with van der Waals surface area (Å²) in [5.74, 6) is 0.818. The standard InChI is InChI=1S/C11H23NO/c1-3-5-10(9-12-2)8-11-6-4-7-13-11/h10-12H,3-9H2,1-2H3. The smallest absolute Gasteiger partial charge is 0.0579 e. The van der Waals surface area contributed by atoms with Gasteiger partial charge in [-0.25, -0.2) is 0 Å². The summed E-state index contributed by atoms with van der Waals surface area (Å²) in [5, 5.41) is 3.27. The van der Waals surface area contributed by atoms with E-state index in [-0.39, 0.29) is 0 Å². The largest absolute Gasteiger partial charge is 0.378 e. The van der Waals surface area contributed by atoms with Gasteiger partial charge in [-0.2, -0.15) is 0 Å². The van der Waals surface area contributed by atoms with Crippen LogP contribution in [-0.4, -0.2) is 26.3 Å². The summed E-state index contributed by atoms with van der Waals surface area (Å²) in [6.45, 7) is 4.40. The molecule has 1 N–H and O–H groups in total. The lowest BCUT2D eigenvalue weighted by Gasteiger charge is -2.19. The first-order valence-corrected chi connectivity index (χ1v) is 5.63. The summed E-state index contributed by atoms with van der Waals surface area (Å²) in [4.78, 5) is 0. The molecule has 1 aliphatic heterocycles. The molecule has 2 nitrogen and oxygen atoms in total. The van der Waals surface area contributed by atoms with E-state index in [1.165, 1.54) is 32.1 Å². The normalized spacial score (nSPS) is 24.9. The van der Waals surface area contributed by atoms with Gasteiger partial charge in [0.05, 0.1) is 6.10 Å². The van der Waals surface area contributed by atoms with Gasteiger partial charge in [0.1, 0.15) is 0 Å². The molecule has 0 aromatic heterocycles. The van der Waals surface area contributed by atoms with Crippen LogP contribution in [0.3, 0.4) is 0 Å². The van der Waals surface area contributed by atoms with Crippen LogP contribution in [0, 0.1) is 5.92 Å². The molecule has 1 saturated heterocycles. The molecule has 0 amide bonds. The number of hydrogen-bond donors (Lipinski definition) is 1. The lowest BCUT2D eigenvalue weighted by molar-refractivity contribution is 0.0881. The monoisotopic (exact) mass is 185 g/mol. The number of rotatable bonds is 6. The SMILES string of the molecule is CCCC(CNC)CC1CCCO1. The van der Waals surface area contributed by atoms with Crippen molar-refractivity contribution in [2.24, 2.45) is 5.92 Å². The number of nitrogens with one attached hydrogen (secondary N) is 1. The van der Waals surface area contributed by atoms with E-state index in [1.54, 1.807) is 0 Å². The Morgan fingerprint density at radius 2 is 2.38 bits per heavy atom. The third kappa shape index (κ3) is 4.10. The van der Waals surface area contributed by atoms with E-state index in [9.17, 15) is 0 Å². The predicted octanol–water partition coefficient (Wildman–Crippen LogP) is 2.19. The van der Waals surface area contributed by atoms with Gasteiger partial charge in [0.15, 0.2) is 0 Å². The Labute approximate surface area is 82.0 Å². The summed E-state index contributed by atoms with van der Waals surface area (Å²) >= 11 is 0. The van der Waals surface area contributed by atoms with Crippen molar-refractivity contribution >= 4 is 0 Å². The minimum Gasteiger partial charge on any atom is -0.378 e. The van der Waals surface area contributed by atoms with Crippen molar-refractivity contribution < 1.29 is 4.74 Å². The van der Waals surface area contributed by atoms with Gasteiger partial charge < -0.3 is 10.1 Å². The molecule has 1 rings (SSSR count). The summed E-state index contributed by atoms with van der Waals surface area (Å²) in [6, 6.07) is 0. The topological polar surface area (TPSA) is 21.3 Å². The molecule has 13 heavy (non-hydrogen) atoms. The number of hydrogen-bond acceptors (Lipinski definition) is 2. The zero-order valence-corrected chi connectivity index (χ0v) is 9.01. The fourth-order valence-corrected chi connectivity index (χ4v) is 2.20. The molecule has 2 unspecified atom stereocenters. The van der Waals surface area contributed by atoms with Crippen molar-refractivity contribution in [1.29, 1.82) is 0 Å². The van der Waals surface area contributed by atoms with Gasteiger partial charge in [0, 0.05) is 6.61 Å². The first-order chi connectivity index (χ1) is 6.36. The summed E-state index contributed by atoms with van der Waals surface area (Å²) in [6.07, 6.45) is 6.99. The Balaban J connectivity index is 2.19. The highest BCUT2D eigenvalue weighted by atomic mass is 16.5. The van der Waals surface area contributed by atoms with Crippen LogP contribution in [-0.2, 0) is 4.74 Å². The molecule has 0 radical (unpaired) electrons. The van der Waals surface area contributed by atoms with Crippen molar-refractivity contribution in [2.75, 3.05) is 20.2 Å². The van der Waals surface area contributed by atoms with Gasteiger partial charge in [0.25, 0.3) is 0 Å². The Bertz CT molecular complexity index is 115. The summed E-state index contributed by atoms with van der Waals surface area (Å²) in [7, 11) is 2.04. The summed E-state index contributed by atoms with van der Waals surface area (Å²) < 4.78 is 5.65. The van der Waals surface area contributed by atoms with Crippen molar-refractivity contribution in [3.05, 3.63) is 0 Å². The lowest BCUT2D eigenvalue weighted by Crippen LogP contribution is -2.23. The number of ether oxygens (including phenoxy) is 1. The molecule has 0 spiro atoms. The maximum absolute atomic E-state index is 5.65. The maximum Gasteiger partial charge on any atom is 0.0579 e. The fourth-order valence-electron chi connectivity index (χ4n) is 2.20. The molecule has 78 valence electrons. The Kier molecular flexibility index (Phi) is 5.40. The molecule has 2 heteroatoms. The van der Waals surface area contributed by atoms with Gasteiger partial charge >= 0.3 is 0 Å². The lowest BCUT2D eigenvalue weighted by atomic mass is 9.95. The van der Waals surface area contributed by atoms with Gasteiger partial charge in [0.2, 0.25) is 0 Å². The van der Waals surface area contributed by atoms with E-state index >= 15 is 0 Å². The molecule has 1 fully saturated rings. The van der Waals surface area contributed by atoms with Crippen LogP contribution in [0.2, 0.25) is 0 Å². The molecule has 1 aliphatic rings. The Morgan fingerprint density at radius 3 is 2.92 bits per heavy atom. The van der Waals surface area contributed by atoms with Crippen LogP contribution < -0.4 is 5.32 Å². The second-order valence-electron chi connectivity index (χ2n) is 4.08. The first kappa shape index (κ1) is 11.0. The highest BCUT2D eigenvalue weighted by molar-refractivity contribution is 4.71. The van der Waals surface area contributed by atoms with Gasteiger partial charge in [-0.15, -0.1) is 0 Å². The van der Waals surface area contributed by atoms with E-state index in [4.69, 9.17) is 4.74 Å². The van der Waals surface area contributed by atoms with E-state index in [1.807, 2.05) is 7.05 Å². The molecule has 0 bridgehead atoms. The van der Waals surface area contributed by atoms with Gasteiger partial charge in [-0.3, -0.25) is 0 Å². The first-order valence-electron chi connectivity index (χ1n) is 5.63. The predicted molar refractivity (Wildman–Crippen MR) is 55.9 cm³/mol. The van der Waals surface area contributed by atoms with Crippen LogP contribution >= 0.6 is 0 Å². The molecule has 0 aliphatic carbocycles. The quantitative estimate of drug-likeness (QED) is 0.685. The van der Waals surface area contributed by atoms with Crippen LogP contribution in [0.1, 0.15) is 39.0 Å². The van der Waals surface area contributed by atoms with Gasteiger partial charge in [-0.05, 0) is 45.2 Å². The highest BCUT2D eigenvalue weighted by Gasteiger charge is 2.19. The minimum absolute atomic E-state index is 0.560. The van der Waals surface area contributed by atoms with Crippen LogP contribution in [0.15, 0.2) is 0 Å². The summed E-state index contributed by atoms with van der Waals surface area (Å²) in [5.41, 5.74) is 0. The van der Waals surface area contributed by atoms with Crippen LogP contribution in [0.4, 0.5) is 0 Å². The average Bonchev–Trinajstić information content (AvgIpc) is 2.58. The zero-order chi connectivity index (χ0) is 9.52. The zero-order valence-electron chi connectivity index (χ0n) is 9.01. The molecule has 2 atom stereocenters. The van der Waals surface area contributed by atoms with E-state index < -0.39 is 0 Å².